The van der Waals surface area contributed by atoms with Gasteiger partial charge in [0, 0.05) is 44.3 Å². The van der Waals surface area contributed by atoms with Gasteiger partial charge in [0.05, 0.1) is 11.7 Å². The summed E-state index contributed by atoms with van der Waals surface area (Å²) in [6.07, 6.45) is 2.21. The van der Waals surface area contributed by atoms with Crippen molar-refractivity contribution in [2.24, 2.45) is 5.73 Å². The van der Waals surface area contributed by atoms with E-state index < -0.39 is 6.04 Å². The smallest absolute Gasteiger partial charge is 0.164 e. The van der Waals surface area contributed by atoms with Crippen molar-refractivity contribution in [1.82, 2.24) is 20.3 Å². The van der Waals surface area contributed by atoms with Crippen molar-refractivity contribution < 1.29 is 4.42 Å². The maximum Gasteiger partial charge on any atom is 0.164 e. The summed E-state index contributed by atoms with van der Waals surface area (Å²) >= 11 is 0. The Balaban J connectivity index is 1.03. The van der Waals surface area contributed by atoms with Crippen LogP contribution in [0.25, 0.3) is 90.3 Å². The number of para-hydroxylation sites is 1. The van der Waals surface area contributed by atoms with Crippen LogP contribution in [0.1, 0.15) is 33.9 Å². The maximum atomic E-state index is 7.31. The minimum Gasteiger partial charge on any atom is -0.456 e. The zero-order valence-corrected chi connectivity index (χ0v) is 33.6. The lowest BCUT2D eigenvalue weighted by Crippen LogP contribution is -2.22. The second-order valence-electron chi connectivity index (χ2n) is 15.4. The van der Waals surface area contributed by atoms with E-state index in [0.717, 1.165) is 94.5 Å². The van der Waals surface area contributed by atoms with Gasteiger partial charge in [-0.25, -0.2) is 15.0 Å². The molecule has 0 spiro atoms. The summed E-state index contributed by atoms with van der Waals surface area (Å²) in [7, 11) is 0. The van der Waals surface area contributed by atoms with E-state index >= 15 is 0 Å². The van der Waals surface area contributed by atoms with E-state index in [9.17, 15) is 0 Å². The van der Waals surface area contributed by atoms with E-state index in [-0.39, 0.29) is 0 Å². The molecular formula is C56H39N5O. The van der Waals surface area contributed by atoms with Crippen molar-refractivity contribution in [3.05, 3.63) is 234 Å². The van der Waals surface area contributed by atoms with Gasteiger partial charge in [-0.1, -0.05) is 188 Å². The van der Waals surface area contributed by atoms with Crippen LogP contribution in [0.2, 0.25) is 0 Å². The molecule has 0 aliphatic carbocycles. The third kappa shape index (κ3) is 6.84. The van der Waals surface area contributed by atoms with Gasteiger partial charge in [-0.15, -0.1) is 0 Å². The number of furan rings is 1. The molecule has 0 radical (unpaired) electrons. The number of fused-ring (bicyclic) bond motifs is 4. The van der Waals surface area contributed by atoms with Gasteiger partial charge in [0.1, 0.15) is 11.2 Å². The molecule has 1 unspecified atom stereocenters. The van der Waals surface area contributed by atoms with Crippen LogP contribution in [0.3, 0.4) is 0 Å². The molecule has 3 N–H and O–H groups in total. The zero-order valence-electron chi connectivity index (χ0n) is 33.6. The first-order valence-corrected chi connectivity index (χ1v) is 20.8. The van der Waals surface area contributed by atoms with Gasteiger partial charge in [0.15, 0.2) is 17.5 Å². The van der Waals surface area contributed by atoms with Gasteiger partial charge in [-0.2, -0.15) is 0 Å². The van der Waals surface area contributed by atoms with Crippen LogP contribution in [-0.2, 0) is 0 Å². The molecular weight excluding hydrogens is 759 g/mol. The molecule has 0 fully saturated rings. The van der Waals surface area contributed by atoms with Gasteiger partial charge in [0.2, 0.25) is 0 Å². The molecule has 0 saturated carbocycles. The number of aromatic nitrogens is 3. The van der Waals surface area contributed by atoms with Crippen LogP contribution < -0.4 is 11.1 Å². The van der Waals surface area contributed by atoms with Crippen LogP contribution in [0.5, 0.6) is 0 Å². The van der Waals surface area contributed by atoms with Crippen molar-refractivity contribution in [1.29, 1.82) is 0 Å². The van der Waals surface area contributed by atoms with E-state index in [2.05, 4.69) is 139 Å². The highest BCUT2D eigenvalue weighted by atomic mass is 16.3. The van der Waals surface area contributed by atoms with Gasteiger partial charge in [-0.05, 0) is 57.7 Å². The van der Waals surface area contributed by atoms with E-state index in [1.54, 1.807) is 0 Å². The Morgan fingerprint density at radius 1 is 0.468 bits per heavy atom. The SMILES string of the molecule is NC(/C(=C1\NC(c2ccccc2)=Cc2ccccc21)c1ccc(-c2nc(-c3ccccc3)nc(-c3cccc(-c4cccc5oc6ccccc6c45)c3)n2)cc1)c1ccccc1. The Labute approximate surface area is 359 Å². The summed E-state index contributed by atoms with van der Waals surface area (Å²) in [6, 6.07) is 70.0. The second-order valence-corrected chi connectivity index (χ2v) is 15.4. The molecule has 6 nitrogen and oxygen atoms in total. The van der Waals surface area contributed by atoms with Crippen molar-refractivity contribution in [3.63, 3.8) is 0 Å². The third-order valence-electron chi connectivity index (χ3n) is 11.6. The molecule has 0 bridgehead atoms. The number of rotatable bonds is 8. The van der Waals surface area contributed by atoms with Crippen molar-refractivity contribution >= 4 is 45.0 Å². The summed E-state index contributed by atoms with van der Waals surface area (Å²) < 4.78 is 6.24. The van der Waals surface area contributed by atoms with Gasteiger partial charge in [0.25, 0.3) is 0 Å². The molecule has 8 aromatic carbocycles. The predicted octanol–water partition coefficient (Wildman–Crippen LogP) is 13.1. The molecule has 6 heteroatoms. The molecule has 294 valence electrons. The molecule has 10 aromatic rings. The second kappa shape index (κ2) is 15.8. The Morgan fingerprint density at radius 3 is 1.77 bits per heavy atom. The van der Waals surface area contributed by atoms with Gasteiger partial charge in [-0.3, -0.25) is 0 Å². The number of hydrogen-bond donors (Lipinski definition) is 2. The minimum atomic E-state index is -0.431. The molecule has 1 aliphatic rings. The van der Waals surface area contributed by atoms with E-state index in [1.165, 1.54) is 0 Å². The lowest BCUT2D eigenvalue weighted by Gasteiger charge is -2.28. The lowest BCUT2D eigenvalue weighted by atomic mass is 9.86. The summed E-state index contributed by atoms with van der Waals surface area (Å²) in [6.45, 7) is 0. The molecule has 2 aromatic heterocycles. The standard InChI is InChI=1S/C56H39N5O/c57-52(38-18-6-2-7-19-38)50(53-45-25-11-10-22-42(45)35-47(58-53)36-16-4-1-5-17-36)37-30-32-40(33-31-37)55-59-54(39-20-8-3-9-21-39)60-56(61-55)43-24-14-23-41(34-43)44-27-15-29-49-51(44)46-26-12-13-28-48(46)62-49/h1-35,52,58H,57H2/b53-50-. The normalized spacial score (nSPS) is 13.6. The topological polar surface area (TPSA) is 89.9 Å². The summed E-state index contributed by atoms with van der Waals surface area (Å²) in [5, 5.41) is 6.00. The zero-order chi connectivity index (χ0) is 41.4. The molecule has 0 amide bonds. The monoisotopic (exact) mass is 797 g/mol. The summed E-state index contributed by atoms with van der Waals surface area (Å²) in [4.78, 5) is 15.3. The lowest BCUT2D eigenvalue weighted by molar-refractivity contribution is 0.669. The first-order chi connectivity index (χ1) is 30.6. The van der Waals surface area contributed by atoms with Crippen LogP contribution in [-0.4, -0.2) is 15.0 Å². The molecule has 1 atom stereocenters. The van der Waals surface area contributed by atoms with Crippen LogP contribution in [0.15, 0.2) is 211 Å². The summed E-state index contributed by atoms with van der Waals surface area (Å²) in [5.41, 5.74) is 22.1. The molecule has 0 saturated heterocycles. The largest absolute Gasteiger partial charge is 0.456 e. The van der Waals surface area contributed by atoms with Crippen molar-refractivity contribution in [2.75, 3.05) is 0 Å². The fraction of sp³-hybridized carbons (Fsp3) is 0.0179. The highest BCUT2D eigenvalue weighted by molar-refractivity contribution is 6.12. The fourth-order valence-electron chi connectivity index (χ4n) is 8.53. The average molecular weight is 798 g/mol. The highest BCUT2D eigenvalue weighted by Gasteiger charge is 2.25. The number of hydrogen-bond acceptors (Lipinski definition) is 6. The maximum absolute atomic E-state index is 7.31. The number of nitrogens with zero attached hydrogens (tertiary/aromatic N) is 3. The fourth-order valence-corrected chi connectivity index (χ4v) is 8.53. The number of nitrogens with two attached hydrogens (primary N) is 1. The quantitative estimate of drug-likeness (QED) is 0.159. The molecule has 3 heterocycles. The molecule has 11 rings (SSSR count). The highest BCUT2D eigenvalue weighted by Crippen LogP contribution is 2.41. The van der Waals surface area contributed by atoms with Crippen molar-refractivity contribution in [3.8, 4) is 45.3 Å². The van der Waals surface area contributed by atoms with E-state index in [4.69, 9.17) is 25.1 Å². The number of nitrogens with one attached hydrogen (secondary N) is 1. The Morgan fingerprint density at radius 2 is 1.02 bits per heavy atom. The Hall–Kier alpha value is -8.19. The van der Waals surface area contributed by atoms with Crippen LogP contribution >= 0.6 is 0 Å². The van der Waals surface area contributed by atoms with Crippen LogP contribution in [0, 0.1) is 0 Å². The molecule has 62 heavy (non-hydrogen) atoms. The Bertz CT molecular complexity index is 3320. The van der Waals surface area contributed by atoms with Crippen LogP contribution in [0.4, 0.5) is 0 Å². The average Bonchev–Trinajstić information content (AvgIpc) is 3.74. The van der Waals surface area contributed by atoms with Gasteiger partial charge >= 0.3 is 0 Å². The van der Waals surface area contributed by atoms with Gasteiger partial charge < -0.3 is 15.5 Å². The third-order valence-corrected chi connectivity index (χ3v) is 11.6. The van der Waals surface area contributed by atoms with E-state index in [1.807, 2.05) is 78.9 Å². The first kappa shape index (κ1) is 36.9. The van der Waals surface area contributed by atoms with E-state index in [0.29, 0.717) is 17.5 Å². The number of benzene rings is 8. The first-order valence-electron chi connectivity index (χ1n) is 20.8. The van der Waals surface area contributed by atoms with Crippen molar-refractivity contribution in [2.45, 2.75) is 6.04 Å². The molecule has 1 aliphatic heterocycles. The Kier molecular flexibility index (Phi) is 9.37. The summed E-state index contributed by atoms with van der Waals surface area (Å²) in [5.74, 6) is 1.76. The predicted molar refractivity (Wildman–Crippen MR) is 253 cm³/mol. The minimum absolute atomic E-state index is 0.431.